The van der Waals surface area contributed by atoms with Crippen LogP contribution < -0.4 is 0 Å². The van der Waals surface area contributed by atoms with Crippen molar-refractivity contribution >= 4 is 84.8 Å². The molecule has 266 valence electrons. The quantitative estimate of drug-likeness (QED) is 0.165. The molecule has 0 aliphatic rings. The lowest BCUT2D eigenvalue weighted by molar-refractivity contribution is 1.18. The molecule has 0 unspecified atom stereocenters. The van der Waals surface area contributed by atoms with Crippen molar-refractivity contribution in [1.29, 1.82) is 0 Å². The van der Waals surface area contributed by atoms with Crippen molar-refractivity contribution in [2.24, 2.45) is 0 Å². The van der Waals surface area contributed by atoms with Crippen LogP contribution in [0.4, 0.5) is 0 Å². The first-order chi connectivity index (χ1) is 28.2. The molecule has 0 saturated carbocycles. The second-order valence-corrected chi connectivity index (χ2v) is 17.0. The van der Waals surface area contributed by atoms with Crippen molar-refractivity contribution in [3.63, 3.8) is 0 Å². The first-order valence-corrected chi connectivity index (χ1v) is 21.0. The largest absolute Gasteiger partial charge is 0.308 e. The molecule has 0 aliphatic carbocycles. The number of nitrogens with zero attached hydrogens (tertiary/aromatic N) is 1. The van der Waals surface area contributed by atoms with Gasteiger partial charge in [-0.05, 0) is 69.8 Å². The second-order valence-electron chi connectivity index (χ2n) is 14.8. The van der Waals surface area contributed by atoms with E-state index in [1.165, 1.54) is 107 Å². The molecular weight excluding hydrogens is 727 g/mol. The zero-order valence-corrected chi connectivity index (χ0v) is 32.4. The van der Waals surface area contributed by atoms with Crippen molar-refractivity contribution in [3.8, 4) is 50.2 Å². The van der Waals surface area contributed by atoms with Gasteiger partial charge in [0, 0.05) is 67.9 Å². The van der Waals surface area contributed by atoms with Gasteiger partial charge in [-0.1, -0.05) is 164 Å². The van der Waals surface area contributed by atoms with E-state index in [2.05, 4.69) is 205 Å². The Hall–Kier alpha value is -6.78. The van der Waals surface area contributed by atoms with Gasteiger partial charge < -0.3 is 4.57 Å². The van der Waals surface area contributed by atoms with E-state index in [1.54, 1.807) is 0 Å². The van der Waals surface area contributed by atoms with Crippen molar-refractivity contribution in [3.05, 3.63) is 200 Å². The Bertz CT molecular complexity index is 3320. The van der Waals surface area contributed by atoms with Crippen LogP contribution in [-0.2, 0) is 0 Å². The van der Waals surface area contributed by atoms with Crippen LogP contribution in [0.15, 0.2) is 200 Å². The molecule has 0 saturated heterocycles. The predicted octanol–water partition coefficient (Wildman–Crippen LogP) is 16.2. The number of fused-ring (bicyclic) bond motifs is 9. The molecule has 3 heteroatoms. The van der Waals surface area contributed by atoms with Gasteiger partial charge in [0.1, 0.15) is 0 Å². The van der Waals surface area contributed by atoms with Gasteiger partial charge in [-0.2, -0.15) is 0 Å². The highest BCUT2D eigenvalue weighted by Crippen LogP contribution is 2.45. The number of hydrogen-bond acceptors (Lipinski definition) is 2. The van der Waals surface area contributed by atoms with E-state index in [-0.39, 0.29) is 0 Å². The van der Waals surface area contributed by atoms with E-state index in [0.29, 0.717) is 0 Å². The normalized spacial score (nSPS) is 11.9. The molecule has 0 amide bonds. The Kier molecular flexibility index (Phi) is 7.34. The molecule has 1 nitrogen and oxygen atoms in total. The second kappa shape index (κ2) is 12.9. The van der Waals surface area contributed by atoms with E-state index in [1.807, 2.05) is 22.7 Å². The summed E-state index contributed by atoms with van der Waals surface area (Å²) in [7, 11) is 0. The van der Waals surface area contributed by atoms with Gasteiger partial charge in [0.2, 0.25) is 0 Å². The molecule has 12 aromatic rings. The zero-order valence-electron chi connectivity index (χ0n) is 30.8. The Morgan fingerprint density at radius 1 is 0.263 bits per heavy atom. The summed E-state index contributed by atoms with van der Waals surface area (Å²) in [6, 6.07) is 73.9. The maximum Gasteiger partial charge on any atom is 0.0619 e. The summed E-state index contributed by atoms with van der Waals surface area (Å²) in [6.07, 6.45) is 0. The predicted molar refractivity (Wildman–Crippen MR) is 248 cm³/mol. The smallest absolute Gasteiger partial charge is 0.0619 e. The highest BCUT2D eigenvalue weighted by molar-refractivity contribution is 7.26. The van der Waals surface area contributed by atoms with Crippen LogP contribution >= 0.6 is 22.7 Å². The van der Waals surface area contributed by atoms with Crippen molar-refractivity contribution in [2.75, 3.05) is 0 Å². The van der Waals surface area contributed by atoms with Crippen molar-refractivity contribution < 1.29 is 0 Å². The average Bonchev–Trinajstić information content (AvgIpc) is 3.96. The first-order valence-electron chi connectivity index (χ1n) is 19.4. The van der Waals surface area contributed by atoms with E-state index in [9.17, 15) is 0 Å². The Morgan fingerprint density at radius 2 is 0.649 bits per heavy atom. The number of para-hydroxylation sites is 2. The minimum Gasteiger partial charge on any atom is -0.308 e. The summed E-state index contributed by atoms with van der Waals surface area (Å²) in [5, 5.41) is 7.79. The fourth-order valence-corrected chi connectivity index (χ4v) is 11.2. The van der Waals surface area contributed by atoms with Crippen LogP contribution in [0.25, 0.3) is 112 Å². The van der Waals surface area contributed by atoms with Crippen molar-refractivity contribution in [1.82, 2.24) is 4.57 Å². The minimum atomic E-state index is 1.14. The van der Waals surface area contributed by atoms with Gasteiger partial charge in [-0.15, -0.1) is 22.7 Å². The molecule has 0 radical (unpaired) electrons. The number of rotatable bonds is 5. The maximum absolute atomic E-state index is 2.53. The van der Waals surface area contributed by atoms with E-state index in [0.717, 1.165) is 5.69 Å². The Labute approximate surface area is 338 Å². The summed E-state index contributed by atoms with van der Waals surface area (Å²) < 4.78 is 7.81. The molecule has 12 rings (SSSR count). The number of benzene rings is 9. The summed E-state index contributed by atoms with van der Waals surface area (Å²) in [4.78, 5) is 0. The van der Waals surface area contributed by atoms with Gasteiger partial charge >= 0.3 is 0 Å². The maximum atomic E-state index is 2.53. The Balaban J connectivity index is 1.08. The molecule has 0 atom stereocenters. The molecule has 3 aromatic heterocycles. The van der Waals surface area contributed by atoms with Gasteiger partial charge in [0.05, 0.1) is 11.0 Å². The van der Waals surface area contributed by atoms with Crippen LogP contribution in [0.3, 0.4) is 0 Å². The monoisotopic (exact) mass is 759 g/mol. The summed E-state index contributed by atoms with van der Waals surface area (Å²) >= 11 is 3.75. The van der Waals surface area contributed by atoms with Crippen LogP contribution in [0.5, 0.6) is 0 Å². The fraction of sp³-hybridized carbons (Fsp3) is 0. The van der Waals surface area contributed by atoms with E-state index < -0.39 is 0 Å². The first kappa shape index (κ1) is 32.5. The van der Waals surface area contributed by atoms with Gasteiger partial charge in [0.15, 0.2) is 0 Å². The third-order valence-electron chi connectivity index (χ3n) is 11.6. The average molecular weight is 760 g/mol. The van der Waals surface area contributed by atoms with Crippen LogP contribution in [0.2, 0.25) is 0 Å². The highest BCUT2D eigenvalue weighted by atomic mass is 32.1. The van der Waals surface area contributed by atoms with E-state index >= 15 is 0 Å². The summed E-state index contributed by atoms with van der Waals surface area (Å²) in [6.45, 7) is 0. The molecule has 0 fully saturated rings. The summed E-state index contributed by atoms with van der Waals surface area (Å²) in [5.74, 6) is 0. The lowest BCUT2D eigenvalue weighted by Gasteiger charge is -2.15. The number of hydrogen-bond donors (Lipinski definition) is 0. The van der Waals surface area contributed by atoms with Gasteiger partial charge in [-0.25, -0.2) is 0 Å². The minimum absolute atomic E-state index is 1.14. The third-order valence-corrected chi connectivity index (χ3v) is 13.9. The molecule has 9 aromatic carbocycles. The number of aromatic nitrogens is 1. The fourth-order valence-electron chi connectivity index (χ4n) is 8.91. The highest BCUT2D eigenvalue weighted by Gasteiger charge is 2.21. The molecule has 57 heavy (non-hydrogen) atoms. The molecule has 0 aliphatic heterocycles. The van der Waals surface area contributed by atoms with E-state index in [4.69, 9.17) is 0 Å². The van der Waals surface area contributed by atoms with Crippen molar-refractivity contribution in [2.45, 2.75) is 0 Å². The summed E-state index contributed by atoms with van der Waals surface area (Å²) in [5.41, 5.74) is 13.4. The topological polar surface area (TPSA) is 4.93 Å². The van der Waals surface area contributed by atoms with Crippen LogP contribution in [0.1, 0.15) is 0 Å². The lowest BCUT2D eigenvalue weighted by atomic mass is 9.99. The zero-order chi connectivity index (χ0) is 37.5. The SMILES string of the molecule is c1ccc(-c2ccc(-c3ccc(-n4c5c(-c6ccc7c(c6)sc6ccccc67)cccc5c5cccc(-c6ccc7c(c6)sc6ccccc67)c54)cc3)cc2)cc1. The third kappa shape index (κ3) is 5.20. The molecule has 3 heterocycles. The van der Waals surface area contributed by atoms with Crippen LogP contribution in [-0.4, -0.2) is 4.57 Å². The molecular formula is C54H33NS2. The molecule has 0 bridgehead atoms. The standard InChI is InChI=1S/C54H33NS2/c1-2-10-34(11-3-1)35-20-22-36(23-21-35)37-24-28-40(29-25-37)55-53-41(38-26-30-45-43-12-4-6-18-49(43)56-51(45)32-38)14-8-16-47(53)48-17-9-15-42(54(48)55)39-27-31-46-44-13-5-7-19-50(44)57-52(46)33-39/h1-33H. The van der Waals surface area contributed by atoms with Gasteiger partial charge in [-0.3, -0.25) is 0 Å². The van der Waals surface area contributed by atoms with Crippen LogP contribution in [0, 0.1) is 0 Å². The molecule has 0 spiro atoms. The number of thiophene rings is 2. The van der Waals surface area contributed by atoms with Gasteiger partial charge in [0.25, 0.3) is 0 Å². The Morgan fingerprint density at radius 3 is 1.16 bits per heavy atom. The lowest BCUT2D eigenvalue weighted by Crippen LogP contribution is -1.97. The molecule has 0 N–H and O–H groups in total.